The van der Waals surface area contributed by atoms with E-state index >= 15 is 0 Å². The molecule has 17 heavy (non-hydrogen) atoms. The molecule has 3 rings (SSSR count). The molecule has 0 atom stereocenters. The van der Waals surface area contributed by atoms with Crippen molar-refractivity contribution in [2.75, 3.05) is 11.9 Å². The summed E-state index contributed by atoms with van der Waals surface area (Å²) in [4.78, 5) is 16.3. The van der Waals surface area contributed by atoms with E-state index in [9.17, 15) is 4.79 Å². The van der Waals surface area contributed by atoms with E-state index in [2.05, 4.69) is 22.3 Å². The molecule has 90 valence electrons. The van der Waals surface area contributed by atoms with Crippen molar-refractivity contribution in [2.45, 2.75) is 26.2 Å². The molecule has 0 bridgehead atoms. The summed E-state index contributed by atoms with van der Waals surface area (Å²) in [6.07, 6.45) is 5.30. The van der Waals surface area contributed by atoms with E-state index in [4.69, 9.17) is 0 Å². The van der Waals surface area contributed by atoms with Crippen molar-refractivity contribution in [1.29, 1.82) is 0 Å². The molecule has 1 aliphatic rings. The summed E-state index contributed by atoms with van der Waals surface area (Å²) in [6, 6.07) is 1.42. The molecule has 1 fully saturated rings. The van der Waals surface area contributed by atoms with Crippen LogP contribution in [0.5, 0.6) is 0 Å². The predicted molar refractivity (Wildman–Crippen MR) is 67.6 cm³/mol. The largest absolute Gasteiger partial charge is 0.360 e. The zero-order chi connectivity index (χ0) is 11.9. The summed E-state index contributed by atoms with van der Waals surface area (Å²) >= 11 is 1.42. The van der Waals surface area contributed by atoms with Crippen LogP contribution in [0, 0.1) is 5.41 Å². The fourth-order valence-corrected chi connectivity index (χ4v) is 2.68. The van der Waals surface area contributed by atoms with Crippen LogP contribution in [0.1, 0.15) is 26.2 Å². The third kappa shape index (κ3) is 1.93. The lowest BCUT2D eigenvalue weighted by molar-refractivity contribution is 0.521. The zero-order valence-electron chi connectivity index (χ0n) is 9.64. The van der Waals surface area contributed by atoms with Crippen molar-refractivity contribution in [3.8, 4) is 0 Å². The second kappa shape index (κ2) is 3.80. The van der Waals surface area contributed by atoms with Gasteiger partial charge in [-0.05, 0) is 24.7 Å². The first-order valence-corrected chi connectivity index (χ1v) is 6.63. The number of hydrogen-bond donors (Lipinski definition) is 1. The lowest BCUT2D eigenvalue weighted by atomic mass is 10.0. The topological polar surface area (TPSA) is 59.3 Å². The van der Waals surface area contributed by atoms with Crippen molar-refractivity contribution >= 4 is 21.4 Å². The number of anilines is 1. The first kappa shape index (κ1) is 10.7. The maximum Gasteiger partial charge on any atom is 0.275 e. The Labute approximate surface area is 103 Å². The first-order valence-electron chi connectivity index (χ1n) is 5.81. The van der Waals surface area contributed by atoms with Crippen molar-refractivity contribution in [1.82, 2.24) is 14.6 Å². The lowest BCUT2D eigenvalue weighted by Crippen LogP contribution is -2.16. The molecule has 2 heterocycles. The summed E-state index contributed by atoms with van der Waals surface area (Å²) < 4.78 is 1.35. The van der Waals surface area contributed by atoms with Crippen molar-refractivity contribution in [2.24, 2.45) is 5.41 Å². The maximum absolute atomic E-state index is 11.5. The molecule has 0 aliphatic heterocycles. The molecule has 1 saturated carbocycles. The van der Waals surface area contributed by atoms with Crippen molar-refractivity contribution < 1.29 is 0 Å². The molecule has 1 aliphatic carbocycles. The van der Waals surface area contributed by atoms with E-state index in [-0.39, 0.29) is 5.56 Å². The lowest BCUT2D eigenvalue weighted by Gasteiger charge is -2.11. The van der Waals surface area contributed by atoms with Crippen LogP contribution in [-0.4, -0.2) is 21.1 Å². The Hall–Kier alpha value is -1.43. The van der Waals surface area contributed by atoms with E-state index in [1.165, 1.54) is 47.4 Å². The maximum atomic E-state index is 11.5. The Balaban J connectivity index is 1.82. The van der Waals surface area contributed by atoms with Gasteiger partial charge in [-0.3, -0.25) is 4.79 Å². The second-order valence-corrected chi connectivity index (χ2v) is 5.55. The van der Waals surface area contributed by atoms with Gasteiger partial charge in [-0.2, -0.15) is 4.52 Å². The molecule has 6 heteroatoms. The smallest absolute Gasteiger partial charge is 0.275 e. The average molecular weight is 250 g/mol. The normalized spacial score (nSPS) is 17.2. The van der Waals surface area contributed by atoms with Gasteiger partial charge in [-0.15, -0.1) is 5.10 Å². The number of fused-ring (bicyclic) bond motifs is 1. The highest BCUT2D eigenvalue weighted by atomic mass is 32.1. The minimum Gasteiger partial charge on any atom is -0.360 e. The Morgan fingerprint density at radius 3 is 3.06 bits per heavy atom. The Bertz CT molecular complexity index is 599. The summed E-state index contributed by atoms with van der Waals surface area (Å²) in [7, 11) is 0. The van der Waals surface area contributed by atoms with E-state index in [1.807, 2.05) is 0 Å². The fourth-order valence-electron chi connectivity index (χ4n) is 1.91. The van der Waals surface area contributed by atoms with Crippen LogP contribution in [0.2, 0.25) is 0 Å². The molecule has 0 unspecified atom stereocenters. The van der Waals surface area contributed by atoms with Gasteiger partial charge in [0.15, 0.2) is 0 Å². The van der Waals surface area contributed by atoms with Crippen molar-refractivity contribution in [3.05, 3.63) is 22.6 Å². The summed E-state index contributed by atoms with van der Waals surface area (Å²) in [5, 5.41) is 8.33. The molecule has 0 spiro atoms. The van der Waals surface area contributed by atoms with E-state index < -0.39 is 0 Å². The van der Waals surface area contributed by atoms with Crippen LogP contribution in [0.3, 0.4) is 0 Å². The quantitative estimate of drug-likeness (QED) is 0.898. The van der Waals surface area contributed by atoms with Gasteiger partial charge in [0.1, 0.15) is 0 Å². The summed E-state index contributed by atoms with van der Waals surface area (Å²) in [6.45, 7) is 3.16. The van der Waals surface area contributed by atoms with Gasteiger partial charge in [0.05, 0.1) is 0 Å². The number of nitrogens with zero attached hydrogens (tertiary/aromatic N) is 3. The van der Waals surface area contributed by atoms with Crippen LogP contribution < -0.4 is 10.9 Å². The van der Waals surface area contributed by atoms with E-state index in [1.54, 1.807) is 0 Å². The standard InChI is InChI=1S/C11H14N4OS/c1-2-11(4-5-11)7-13-9-14-15-8(16)3-6-12-10(15)17-9/h3,6H,2,4-5,7H2,1H3,(H,13,14). The van der Waals surface area contributed by atoms with Crippen LogP contribution in [0.4, 0.5) is 5.13 Å². The SMILES string of the molecule is CCC1(CNc2nn3c(=O)ccnc3s2)CC1. The summed E-state index contributed by atoms with van der Waals surface area (Å²) in [5.74, 6) is 0. The van der Waals surface area contributed by atoms with Gasteiger partial charge in [0, 0.05) is 18.8 Å². The number of nitrogens with one attached hydrogen (secondary N) is 1. The van der Waals surface area contributed by atoms with Crippen LogP contribution in [-0.2, 0) is 0 Å². The zero-order valence-corrected chi connectivity index (χ0v) is 10.5. The van der Waals surface area contributed by atoms with Gasteiger partial charge in [0.2, 0.25) is 10.1 Å². The van der Waals surface area contributed by atoms with Crippen LogP contribution in [0.25, 0.3) is 4.96 Å². The average Bonchev–Trinajstić information content (AvgIpc) is 3.00. The Morgan fingerprint density at radius 2 is 2.41 bits per heavy atom. The minimum absolute atomic E-state index is 0.129. The van der Waals surface area contributed by atoms with Crippen molar-refractivity contribution in [3.63, 3.8) is 0 Å². The molecule has 1 N–H and O–H groups in total. The predicted octanol–water partition coefficient (Wildman–Crippen LogP) is 1.75. The number of hydrogen-bond acceptors (Lipinski definition) is 5. The van der Waals surface area contributed by atoms with E-state index in [0.717, 1.165) is 11.7 Å². The third-order valence-corrected chi connectivity index (χ3v) is 4.37. The van der Waals surface area contributed by atoms with Gasteiger partial charge >= 0.3 is 0 Å². The molecule has 0 radical (unpaired) electrons. The molecule has 2 aromatic rings. The molecule has 0 amide bonds. The first-order chi connectivity index (χ1) is 8.22. The Morgan fingerprint density at radius 1 is 1.59 bits per heavy atom. The number of aromatic nitrogens is 3. The highest BCUT2D eigenvalue weighted by Gasteiger charge is 2.40. The molecule has 2 aromatic heterocycles. The number of rotatable bonds is 4. The third-order valence-electron chi connectivity index (χ3n) is 3.49. The molecular weight excluding hydrogens is 236 g/mol. The highest BCUT2D eigenvalue weighted by molar-refractivity contribution is 7.20. The fraction of sp³-hybridized carbons (Fsp3) is 0.545. The second-order valence-electron chi connectivity index (χ2n) is 4.59. The summed E-state index contributed by atoms with van der Waals surface area (Å²) in [5.41, 5.74) is 0.340. The molecular formula is C11H14N4OS. The molecule has 0 aromatic carbocycles. The molecule has 0 saturated heterocycles. The van der Waals surface area contributed by atoms with E-state index in [0.29, 0.717) is 10.4 Å². The minimum atomic E-state index is -0.129. The van der Waals surface area contributed by atoms with Gasteiger partial charge in [0.25, 0.3) is 5.56 Å². The van der Waals surface area contributed by atoms with Gasteiger partial charge in [-0.25, -0.2) is 4.98 Å². The Kier molecular flexibility index (Phi) is 2.39. The van der Waals surface area contributed by atoms with Crippen LogP contribution in [0.15, 0.2) is 17.1 Å². The van der Waals surface area contributed by atoms with Crippen LogP contribution >= 0.6 is 11.3 Å². The molecule has 5 nitrogen and oxygen atoms in total. The highest BCUT2D eigenvalue weighted by Crippen LogP contribution is 2.48. The van der Waals surface area contributed by atoms with Gasteiger partial charge < -0.3 is 5.32 Å². The monoisotopic (exact) mass is 250 g/mol. The van der Waals surface area contributed by atoms with Gasteiger partial charge in [-0.1, -0.05) is 18.3 Å².